The average molecular weight is 195 g/mol. The molecule has 0 bridgehead atoms. The molecule has 0 aromatic heterocycles. The largest absolute Gasteiger partial charge is 0.370 e. The van der Waals surface area contributed by atoms with E-state index in [1.54, 1.807) is 0 Å². The van der Waals surface area contributed by atoms with E-state index in [1.165, 1.54) is 18.5 Å². The van der Waals surface area contributed by atoms with Crippen LogP contribution in [-0.2, 0) is 0 Å². The minimum absolute atomic E-state index is 0.865. The molecule has 1 heterocycles. The van der Waals surface area contributed by atoms with Crippen molar-refractivity contribution in [1.82, 2.24) is 0 Å². The second kappa shape index (κ2) is 4.01. The van der Waals surface area contributed by atoms with Crippen molar-refractivity contribution in [3.8, 4) is 0 Å². The fraction of sp³-hybridized carbons (Fsp3) is 0.364. The van der Waals surface area contributed by atoms with Crippen LogP contribution in [0.2, 0.25) is 5.02 Å². The average Bonchev–Trinajstić information content (AvgIpc) is 2.20. The first-order chi connectivity index (χ1) is 6.38. The first kappa shape index (κ1) is 8.89. The summed E-state index contributed by atoms with van der Waals surface area (Å²) in [6, 6.07) is 8.06. The van der Waals surface area contributed by atoms with Crippen molar-refractivity contribution >= 4 is 17.3 Å². The van der Waals surface area contributed by atoms with Crippen molar-refractivity contribution in [2.45, 2.75) is 12.8 Å². The van der Waals surface area contributed by atoms with Gasteiger partial charge in [0.2, 0.25) is 0 Å². The minimum Gasteiger partial charge on any atom is -0.370 e. The van der Waals surface area contributed by atoms with Gasteiger partial charge in [0.15, 0.2) is 0 Å². The zero-order chi connectivity index (χ0) is 9.10. The van der Waals surface area contributed by atoms with Gasteiger partial charge in [0, 0.05) is 13.1 Å². The van der Waals surface area contributed by atoms with E-state index < -0.39 is 0 Å². The molecule has 1 nitrogen and oxygen atoms in total. The second-order valence-electron chi connectivity index (χ2n) is 3.30. The Morgan fingerprint density at radius 3 is 2.46 bits per heavy atom. The summed E-state index contributed by atoms with van der Waals surface area (Å²) in [6.45, 7) is 2.20. The number of nitrogens with zero attached hydrogens (tertiary/aromatic N) is 1. The highest BCUT2D eigenvalue weighted by atomic mass is 35.5. The van der Waals surface area contributed by atoms with Crippen LogP contribution in [0.25, 0.3) is 0 Å². The third-order valence-corrected chi connectivity index (χ3v) is 2.72. The van der Waals surface area contributed by atoms with Gasteiger partial charge >= 0.3 is 0 Å². The van der Waals surface area contributed by atoms with E-state index in [2.05, 4.69) is 17.4 Å². The van der Waals surface area contributed by atoms with E-state index in [4.69, 9.17) is 11.6 Å². The molecule has 1 aromatic carbocycles. The van der Waals surface area contributed by atoms with Crippen LogP contribution in [-0.4, -0.2) is 13.1 Å². The van der Waals surface area contributed by atoms with Gasteiger partial charge in [-0.05, 0) is 31.4 Å². The van der Waals surface area contributed by atoms with E-state index in [1.807, 2.05) is 18.2 Å². The molecule has 1 aromatic rings. The quantitative estimate of drug-likeness (QED) is 0.664. The summed E-state index contributed by atoms with van der Waals surface area (Å²) in [5.41, 5.74) is 1.18. The van der Waals surface area contributed by atoms with Crippen LogP contribution in [0.3, 0.4) is 0 Å². The predicted octanol–water partition coefficient (Wildman–Crippen LogP) is 3.14. The first-order valence-electron chi connectivity index (χ1n) is 4.69. The summed E-state index contributed by atoms with van der Waals surface area (Å²) in [7, 11) is 0. The maximum absolute atomic E-state index is 6.11. The minimum atomic E-state index is 0.865. The SMILES string of the molecule is Clc1ccccc1N1CC[CH]CC1. The van der Waals surface area contributed by atoms with Gasteiger partial charge in [0.1, 0.15) is 0 Å². The van der Waals surface area contributed by atoms with E-state index >= 15 is 0 Å². The van der Waals surface area contributed by atoms with Gasteiger partial charge < -0.3 is 4.90 Å². The lowest BCUT2D eigenvalue weighted by atomic mass is 10.1. The smallest absolute Gasteiger partial charge is 0.0639 e. The van der Waals surface area contributed by atoms with Crippen molar-refractivity contribution in [2.75, 3.05) is 18.0 Å². The number of rotatable bonds is 1. The summed E-state index contributed by atoms with van der Waals surface area (Å²) >= 11 is 6.11. The molecule has 0 amide bonds. The molecule has 0 unspecified atom stereocenters. The third-order valence-electron chi connectivity index (χ3n) is 2.40. The Kier molecular flexibility index (Phi) is 2.74. The molecule has 1 saturated heterocycles. The standard InChI is InChI=1S/C11H13ClN/c12-10-6-2-3-7-11(10)13-8-4-1-5-9-13/h1-3,6-7H,4-5,8-9H2. The topological polar surface area (TPSA) is 3.24 Å². The third kappa shape index (κ3) is 1.97. The summed E-state index contributed by atoms with van der Waals surface area (Å²) in [5.74, 6) is 0. The van der Waals surface area contributed by atoms with Crippen molar-refractivity contribution in [3.05, 3.63) is 35.7 Å². The fourth-order valence-electron chi connectivity index (χ4n) is 1.70. The van der Waals surface area contributed by atoms with Crippen molar-refractivity contribution in [2.24, 2.45) is 0 Å². The van der Waals surface area contributed by atoms with Gasteiger partial charge in [-0.1, -0.05) is 23.7 Å². The van der Waals surface area contributed by atoms with E-state index in [0.29, 0.717) is 0 Å². The van der Waals surface area contributed by atoms with Gasteiger partial charge in [0.05, 0.1) is 10.7 Å². The molecular weight excluding hydrogens is 182 g/mol. The Morgan fingerprint density at radius 2 is 1.77 bits per heavy atom. The van der Waals surface area contributed by atoms with Gasteiger partial charge in [-0.25, -0.2) is 0 Å². The summed E-state index contributed by atoms with van der Waals surface area (Å²) in [5, 5.41) is 0.865. The molecule has 0 atom stereocenters. The zero-order valence-corrected chi connectivity index (χ0v) is 8.30. The summed E-state index contributed by atoms with van der Waals surface area (Å²) < 4.78 is 0. The molecule has 2 heteroatoms. The molecule has 1 radical (unpaired) electrons. The van der Waals surface area contributed by atoms with Gasteiger partial charge in [-0.15, -0.1) is 0 Å². The fourth-order valence-corrected chi connectivity index (χ4v) is 1.95. The number of hydrogen-bond donors (Lipinski definition) is 0. The van der Waals surface area contributed by atoms with Crippen LogP contribution in [0.4, 0.5) is 5.69 Å². The highest BCUT2D eigenvalue weighted by molar-refractivity contribution is 6.33. The molecule has 1 aliphatic rings. The maximum Gasteiger partial charge on any atom is 0.0639 e. The van der Waals surface area contributed by atoms with E-state index in [9.17, 15) is 0 Å². The molecule has 0 saturated carbocycles. The highest BCUT2D eigenvalue weighted by Gasteiger charge is 2.12. The van der Waals surface area contributed by atoms with E-state index in [0.717, 1.165) is 18.1 Å². The summed E-state index contributed by atoms with van der Waals surface area (Å²) in [4.78, 5) is 2.35. The van der Waals surface area contributed by atoms with Crippen molar-refractivity contribution in [1.29, 1.82) is 0 Å². The molecule has 0 N–H and O–H groups in total. The molecule has 0 spiro atoms. The van der Waals surface area contributed by atoms with E-state index in [-0.39, 0.29) is 0 Å². The number of benzene rings is 1. The lowest BCUT2D eigenvalue weighted by molar-refractivity contribution is 0.679. The molecule has 69 valence electrons. The number of anilines is 1. The molecule has 1 fully saturated rings. The van der Waals surface area contributed by atoms with Crippen LogP contribution < -0.4 is 4.90 Å². The zero-order valence-electron chi connectivity index (χ0n) is 7.54. The second-order valence-corrected chi connectivity index (χ2v) is 3.71. The van der Waals surface area contributed by atoms with Gasteiger partial charge in [-0.3, -0.25) is 0 Å². The molecule has 1 aliphatic heterocycles. The lowest BCUT2D eigenvalue weighted by Crippen LogP contribution is -2.29. The maximum atomic E-state index is 6.11. The summed E-state index contributed by atoms with van der Waals surface area (Å²) in [6.07, 6.45) is 4.68. The number of piperidine rings is 1. The van der Waals surface area contributed by atoms with Crippen LogP contribution in [0, 0.1) is 6.42 Å². The molecule has 2 rings (SSSR count). The van der Waals surface area contributed by atoms with Crippen molar-refractivity contribution in [3.63, 3.8) is 0 Å². The van der Waals surface area contributed by atoms with Gasteiger partial charge in [-0.2, -0.15) is 0 Å². The van der Waals surface area contributed by atoms with Crippen LogP contribution in [0.1, 0.15) is 12.8 Å². The number of para-hydroxylation sites is 1. The Balaban J connectivity index is 2.18. The van der Waals surface area contributed by atoms with Gasteiger partial charge in [0.25, 0.3) is 0 Å². The van der Waals surface area contributed by atoms with Crippen LogP contribution >= 0.6 is 11.6 Å². The first-order valence-corrected chi connectivity index (χ1v) is 5.07. The Labute approximate surface area is 84.3 Å². The molecule has 0 aliphatic carbocycles. The van der Waals surface area contributed by atoms with Crippen molar-refractivity contribution < 1.29 is 0 Å². The Morgan fingerprint density at radius 1 is 1.08 bits per heavy atom. The van der Waals surface area contributed by atoms with Crippen LogP contribution in [0.15, 0.2) is 24.3 Å². The highest BCUT2D eigenvalue weighted by Crippen LogP contribution is 2.27. The monoisotopic (exact) mass is 194 g/mol. The lowest BCUT2D eigenvalue weighted by Gasteiger charge is -2.29. The normalized spacial score (nSPS) is 17.5. The predicted molar refractivity (Wildman–Crippen MR) is 57.2 cm³/mol. The Hall–Kier alpha value is -0.690. The number of halogens is 1. The molecule has 13 heavy (non-hydrogen) atoms. The molecular formula is C11H13ClN. The van der Waals surface area contributed by atoms with Crippen LogP contribution in [0.5, 0.6) is 0 Å². The number of hydrogen-bond acceptors (Lipinski definition) is 1. The Bertz CT molecular complexity index is 279.